The van der Waals surface area contributed by atoms with Crippen molar-refractivity contribution in [3.63, 3.8) is 0 Å². The highest BCUT2D eigenvalue weighted by Gasteiger charge is 2.22. The van der Waals surface area contributed by atoms with E-state index in [4.69, 9.17) is 19.2 Å². The summed E-state index contributed by atoms with van der Waals surface area (Å²) in [5.41, 5.74) is 2.61. The molecule has 0 amide bonds. The lowest BCUT2D eigenvalue weighted by Crippen LogP contribution is -2.47. The topological polar surface area (TPSA) is 58.6 Å². The van der Waals surface area contributed by atoms with Crippen molar-refractivity contribution in [2.45, 2.75) is 58.4 Å². The summed E-state index contributed by atoms with van der Waals surface area (Å²) in [4.78, 5) is 9.81. The van der Waals surface area contributed by atoms with Gasteiger partial charge in [-0.2, -0.15) is 0 Å². The summed E-state index contributed by atoms with van der Waals surface area (Å²) in [5, 5.41) is 3.48. The van der Waals surface area contributed by atoms with Crippen molar-refractivity contribution in [3.05, 3.63) is 35.4 Å². The van der Waals surface area contributed by atoms with Crippen molar-refractivity contribution in [1.82, 2.24) is 15.1 Å². The average Bonchev–Trinajstić information content (AvgIpc) is 2.80. The van der Waals surface area contributed by atoms with Crippen LogP contribution in [0.1, 0.15) is 44.2 Å². The third-order valence-electron chi connectivity index (χ3n) is 6.06. The second-order valence-corrected chi connectivity index (χ2v) is 8.81. The highest BCUT2D eigenvalue weighted by atomic mass is 16.5. The fourth-order valence-corrected chi connectivity index (χ4v) is 4.40. The minimum Gasteiger partial charge on any atom is -0.385 e. The molecule has 0 bridgehead atoms. The fraction of sp³-hybridized carbons (Fsp3) is 0.720. The van der Waals surface area contributed by atoms with Crippen molar-refractivity contribution < 1.29 is 14.2 Å². The average molecular weight is 447 g/mol. The van der Waals surface area contributed by atoms with E-state index in [1.54, 1.807) is 7.11 Å². The van der Waals surface area contributed by atoms with E-state index in [1.165, 1.54) is 11.1 Å². The summed E-state index contributed by atoms with van der Waals surface area (Å²) in [5.74, 6) is 1.01. The highest BCUT2D eigenvalue weighted by Crippen LogP contribution is 2.16. The molecule has 3 rings (SSSR count). The first-order valence-electron chi connectivity index (χ1n) is 12.2. The summed E-state index contributed by atoms with van der Waals surface area (Å²) in [6.45, 7) is 13.2. The molecular formula is C25H42N4O3. The summed E-state index contributed by atoms with van der Waals surface area (Å²) in [6.07, 6.45) is 3.73. The second kappa shape index (κ2) is 13.8. The molecule has 0 aromatic heterocycles. The molecule has 180 valence electrons. The van der Waals surface area contributed by atoms with Gasteiger partial charge in [0.1, 0.15) is 0 Å². The second-order valence-electron chi connectivity index (χ2n) is 8.81. The number of ether oxygens (including phenoxy) is 3. The minimum atomic E-state index is 0.319. The minimum absolute atomic E-state index is 0.319. The van der Waals surface area contributed by atoms with E-state index < -0.39 is 0 Å². The molecule has 0 radical (unpaired) electrons. The van der Waals surface area contributed by atoms with Gasteiger partial charge in [-0.25, -0.2) is 4.99 Å². The number of likely N-dealkylation sites (tertiary alicyclic amines) is 1. The third-order valence-corrected chi connectivity index (χ3v) is 6.06. The van der Waals surface area contributed by atoms with E-state index >= 15 is 0 Å². The molecule has 7 nitrogen and oxygen atoms in total. The first-order valence-corrected chi connectivity index (χ1v) is 12.2. The molecule has 1 atom stereocenters. The maximum Gasteiger partial charge on any atom is 0.194 e. The van der Waals surface area contributed by atoms with Gasteiger partial charge in [0.05, 0.1) is 25.4 Å². The molecule has 7 heteroatoms. The van der Waals surface area contributed by atoms with E-state index in [1.807, 2.05) is 0 Å². The Hall–Kier alpha value is -1.67. The maximum atomic E-state index is 6.01. The smallest absolute Gasteiger partial charge is 0.194 e. The van der Waals surface area contributed by atoms with Crippen LogP contribution < -0.4 is 5.32 Å². The lowest BCUT2D eigenvalue weighted by molar-refractivity contribution is -0.0212. The van der Waals surface area contributed by atoms with Crippen LogP contribution >= 0.6 is 0 Å². The lowest BCUT2D eigenvalue weighted by Gasteiger charge is -2.34. The number of hydrogen-bond donors (Lipinski definition) is 1. The summed E-state index contributed by atoms with van der Waals surface area (Å²) >= 11 is 0. The van der Waals surface area contributed by atoms with Gasteiger partial charge < -0.3 is 24.4 Å². The molecule has 0 aliphatic carbocycles. The van der Waals surface area contributed by atoms with Crippen molar-refractivity contribution >= 4 is 5.96 Å². The predicted molar refractivity (Wildman–Crippen MR) is 129 cm³/mol. The first-order chi connectivity index (χ1) is 15.7. The van der Waals surface area contributed by atoms with Gasteiger partial charge in [-0.3, -0.25) is 4.90 Å². The zero-order valence-corrected chi connectivity index (χ0v) is 20.2. The number of aliphatic imine (C=N–C) groups is 1. The molecule has 2 heterocycles. The van der Waals surface area contributed by atoms with Gasteiger partial charge in [-0.05, 0) is 44.2 Å². The van der Waals surface area contributed by atoms with E-state index in [9.17, 15) is 0 Å². The van der Waals surface area contributed by atoms with E-state index in [2.05, 4.69) is 53.2 Å². The molecule has 1 N–H and O–H groups in total. The Morgan fingerprint density at radius 2 is 2.00 bits per heavy atom. The van der Waals surface area contributed by atoms with Crippen LogP contribution in [0.3, 0.4) is 0 Å². The van der Waals surface area contributed by atoms with Crippen molar-refractivity contribution in [1.29, 1.82) is 0 Å². The molecule has 1 aromatic rings. The summed E-state index contributed by atoms with van der Waals surface area (Å²) in [7, 11) is 1.74. The van der Waals surface area contributed by atoms with Crippen LogP contribution in [0.25, 0.3) is 0 Å². The normalized spacial score (nSPS) is 21.2. The monoisotopic (exact) mass is 446 g/mol. The summed E-state index contributed by atoms with van der Waals surface area (Å²) in [6, 6.07) is 8.85. The highest BCUT2D eigenvalue weighted by molar-refractivity contribution is 5.80. The Morgan fingerprint density at radius 1 is 1.19 bits per heavy atom. The van der Waals surface area contributed by atoms with Crippen LogP contribution in [0.4, 0.5) is 0 Å². The molecular weight excluding hydrogens is 404 g/mol. The molecule has 2 saturated heterocycles. The molecule has 1 aromatic carbocycles. The number of morpholine rings is 1. The van der Waals surface area contributed by atoms with Crippen LogP contribution in [0, 0.1) is 0 Å². The number of nitrogens with zero attached hydrogens (tertiary/aromatic N) is 3. The van der Waals surface area contributed by atoms with Gasteiger partial charge in [0.25, 0.3) is 0 Å². The van der Waals surface area contributed by atoms with Gasteiger partial charge in [0.15, 0.2) is 5.96 Å². The number of hydrogen-bond acceptors (Lipinski definition) is 5. The Labute approximate surface area is 194 Å². The fourth-order valence-electron chi connectivity index (χ4n) is 4.40. The lowest BCUT2D eigenvalue weighted by atomic mass is 10.1. The molecule has 1 unspecified atom stereocenters. The number of methoxy groups -OCH3 is 1. The van der Waals surface area contributed by atoms with Crippen LogP contribution in [0.2, 0.25) is 0 Å². The largest absolute Gasteiger partial charge is 0.385 e. The van der Waals surface area contributed by atoms with Crippen LogP contribution in [-0.2, 0) is 27.3 Å². The van der Waals surface area contributed by atoms with Crippen LogP contribution in [-0.4, -0.2) is 87.6 Å². The molecule has 2 fully saturated rings. The van der Waals surface area contributed by atoms with Gasteiger partial charge in [0, 0.05) is 59.6 Å². The number of piperidine rings is 1. The van der Waals surface area contributed by atoms with Crippen LogP contribution in [0.15, 0.2) is 29.3 Å². The van der Waals surface area contributed by atoms with Crippen molar-refractivity contribution in [2.24, 2.45) is 4.99 Å². The SMILES string of the molecule is CCNC(=NCc1cccc(CN2CCOC(C)C2)c1)N1CCC(OCCCOC)CC1. The number of nitrogens with one attached hydrogen (secondary N) is 1. The first kappa shape index (κ1) is 25.0. The van der Waals surface area contributed by atoms with E-state index in [0.29, 0.717) is 18.8 Å². The number of guanidine groups is 1. The van der Waals surface area contributed by atoms with E-state index in [-0.39, 0.29) is 0 Å². The molecule has 0 spiro atoms. The predicted octanol–water partition coefficient (Wildman–Crippen LogP) is 2.89. The Kier molecular flexibility index (Phi) is 10.8. The van der Waals surface area contributed by atoms with Crippen molar-refractivity contribution in [3.8, 4) is 0 Å². The van der Waals surface area contributed by atoms with Gasteiger partial charge in [-0.1, -0.05) is 24.3 Å². The zero-order valence-electron chi connectivity index (χ0n) is 20.2. The summed E-state index contributed by atoms with van der Waals surface area (Å²) < 4.78 is 16.8. The maximum absolute atomic E-state index is 6.01. The van der Waals surface area contributed by atoms with E-state index in [0.717, 1.165) is 84.3 Å². The Morgan fingerprint density at radius 3 is 2.75 bits per heavy atom. The Balaban J connectivity index is 1.50. The molecule has 32 heavy (non-hydrogen) atoms. The number of rotatable bonds is 10. The third kappa shape index (κ3) is 8.35. The van der Waals surface area contributed by atoms with Gasteiger partial charge >= 0.3 is 0 Å². The molecule has 2 aliphatic heterocycles. The van der Waals surface area contributed by atoms with Gasteiger partial charge in [-0.15, -0.1) is 0 Å². The molecule has 0 saturated carbocycles. The zero-order chi connectivity index (χ0) is 22.6. The quantitative estimate of drug-likeness (QED) is 0.339. The van der Waals surface area contributed by atoms with Crippen molar-refractivity contribution in [2.75, 3.05) is 59.7 Å². The Bertz CT molecular complexity index is 692. The van der Waals surface area contributed by atoms with Crippen LogP contribution in [0.5, 0.6) is 0 Å². The molecule has 2 aliphatic rings. The van der Waals surface area contributed by atoms with Gasteiger partial charge in [0.2, 0.25) is 0 Å². The number of benzene rings is 1. The standard InChI is InChI=1S/C25H42N4O3/c1-4-26-25(29-11-9-24(10-12-29)32-15-6-14-30-3)27-18-22-7-5-8-23(17-22)20-28-13-16-31-21(2)19-28/h5,7-8,17,21,24H,4,6,9-16,18-20H2,1-3H3,(H,26,27).